The zero-order valence-corrected chi connectivity index (χ0v) is 9.53. The molecule has 0 saturated carbocycles. The predicted molar refractivity (Wildman–Crippen MR) is 58.1 cm³/mol. The first-order valence-electron chi connectivity index (χ1n) is 5.23. The van der Waals surface area contributed by atoms with Crippen LogP contribution in [0.4, 0.5) is 0 Å². The molecule has 5 heteroatoms. The van der Waals surface area contributed by atoms with Crippen LogP contribution in [0.5, 0.6) is 0 Å². The van der Waals surface area contributed by atoms with Crippen LogP contribution in [0.1, 0.15) is 29.7 Å². The largest absolute Gasteiger partial charge is 0.463 e. The molecule has 90 valence electrons. The number of ether oxygens (including phenoxy) is 1. The Labute approximate surface area is 94.4 Å². The van der Waals surface area contributed by atoms with Crippen LogP contribution >= 0.6 is 0 Å². The molecular formula is C11H17NO4. The Bertz CT molecular complexity index is 334. The highest BCUT2D eigenvalue weighted by atomic mass is 16.5. The SMILES string of the molecule is CCC(O)CNCc1ccc(C(=O)OC)o1. The highest BCUT2D eigenvalue weighted by Crippen LogP contribution is 2.08. The van der Waals surface area contributed by atoms with E-state index in [0.29, 0.717) is 25.3 Å². The Morgan fingerprint density at radius 3 is 3.00 bits per heavy atom. The number of carbonyl (C=O) groups is 1. The molecule has 1 unspecified atom stereocenters. The maximum absolute atomic E-state index is 11.1. The molecule has 0 radical (unpaired) electrons. The minimum atomic E-state index is -0.486. The summed E-state index contributed by atoms with van der Waals surface area (Å²) in [5, 5.41) is 12.3. The number of nitrogens with one attached hydrogen (secondary N) is 1. The predicted octanol–water partition coefficient (Wildman–Crippen LogP) is 0.927. The van der Waals surface area contributed by atoms with Crippen molar-refractivity contribution in [3.05, 3.63) is 23.7 Å². The number of hydrogen-bond acceptors (Lipinski definition) is 5. The van der Waals surface area contributed by atoms with Crippen molar-refractivity contribution in [1.29, 1.82) is 0 Å². The van der Waals surface area contributed by atoms with Gasteiger partial charge >= 0.3 is 5.97 Å². The molecule has 0 fully saturated rings. The molecule has 0 aromatic carbocycles. The van der Waals surface area contributed by atoms with Crippen LogP contribution in [0, 0.1) is 0 Å². The molecular weight excluding hydrogens is 210 g/mol. The fourth-order valence-corrected chi connectivity index (χ4v) is 1.19. The van der Waals surface area contributed by atoms with Gasteiger partial charge in [0.25, 0.3) is 0 Å². The smallest absolute Gasteiger partial charge is 0.373 e. The van der Waals surface area contributed by atoms with E-state index in [1.807, 2.05) is 6.92 Å². The third-order valence-corrected chi connectivity index (χ3v) is 2.20. The van der Waals surface area contributed by atoms with Crippen molar-refractivity contribution < 1.29 is 19.1 Å². The van der Waals surface area contributed by atoms with E-state index in [1.165, 1.54) is 7.11 Å². The van der Waals surface area contributed by atoms with Gasteiger partial charge in [0.1, 0.15) is 5.76 Å². The number of methoxy groups -OCH3 is 1. The van der Waals surface area contributed by atoms with E-state index in [1.54, 1.807) is 12.1 Å². The van der Waals surface area contributed by atoms with E-state index in [0.717, 1.165) is 0 Å². The quantitative estimate of drug-likeness (QED) is 0.707. The molecule has 0 amide bonds. The third kappa shape index (κ3) is 3.67. The van der Waals surface area contributed by atoms with Crippen molar-refractivity contribution in [3.63, 3.8) is 0 Å². The number of carbonyl (C=O) groups excluding carboxylic acids is 1. The van der Waals surface area contributed by atoms with Crippen LogP contribution in [-0.4, -0.2) is 30.8 Å². The van der Waals surface area contributed by atoms with Gasteiger partial charge in [0.15, 0.2) is 0 Å². The van der Waals surface area contributed by atoms with Crippen molar-refractivity contribution in [3.8, 4) is 0 Å². The Morgan fingerprint density at radius 1 is 1.62 bits per heavy atom. The number of furan rings is 1. The normalized spacial score (nSPS) is 12.4. The summed E-state index contributed by atoms with van der Waals surface area (Å²) >= 11 is 0. The van der Waals surface area contributed by atoms with Gasteiger partial charge in [-0.3, -0.25) is 0 Å². The number of aliphatic hydroxyl groups is 1. The van der Waals surface area contributed by atoms with Crippen LogP contribution in [0.15, 0.2) is 16.5 Å². The summed E-state index contributed by atoms with van der Waals surface area (Å²) in [6.07, 6.45) is 0.355. The van der Waals surface area contributed by atoms with Crippen LogP contribution in [0.2, 0.25) is 0 Å². The number of hydrogen-bond donors (Lipinski definition) is 2. The maximum atomic E-state index is 11.1. The molecule has 5 nitrogen and oxygen atoms in total. The highest BCUT2D eigenvalue weighted by Gasteiger charge is 2.10. The summed E-state index contributed by atoms with van der Waals surface area (Å²) in [6, 6.07) is 3.27. The Morgan fingerprint density at radius 2 is 2.38 bits per heavy atom. The van der Waals surface area contributed by atoms with E-state index in [2.05, 4.69) is 10.1 Å². The number of esters is 1. The fraction of sp³-hybridized carbons (Fsp3) is 0.545. The summed E-state index contributed by atoms with van der Waals surface area (Å²) in [4.78, 5) is 11.1. The molecule has 16 heavy (non-hydrogen) atoms. The van der Waals surface area contributed by atoms with E-state index >= 15 is 0 Å². The van der Waals surface area contributed by atoms with Gasteiger partial charge in [-0.2, -0.15) is 0 Å². The van der Waals surface area contributed by atoms with Gasteiger partial charge in [-0.25, -0.2) is 4.79 Å². The van der Waals surface area contributed by atoms with Crippen molar-refractivity contribution in [2.45, 2.75) is 26.0 Å². The van der Waals surface area contributed by atoms with Crippen LogP contribution in [-0.2, 0) is 11.3 Å². The highest BCUT2D eigenvalue weighted by molar-refractivity contribution is 5.86. The minimum Gasteiger partial charge on any atom is -0.463 e. The van der Waals surface area contributed by atoms with E-state index < -0.39 is 5.97 Å². The van der Waals surface area contributed by atoms with Gasteiger partial charge in [-0.05, 0) is 18.6 Å². The summed E-state index contributed by atoms with van der Waals surface area (Å²) < 4.78 is 9.75. The molecule has 0 bridgehead atoms. The van der Waals surface area contributed by atoms with E-state index in [9.17, 15) is 9.90 Å². The molecule has 0 aliphatic rings. The van der Waals surface area contributed by atoms with Crippen molar-refractivity contribution in [1.82, 2.24) is 5.32 Å². The van der Waals surface area contributed by atoms with Crippen LogP contribution in [0.3, 0.4) is 0 Å². The van der Waals surface area contributed by atoms with Crippen LogP contribution in [0.25, 0.3) is 0 Å². The van der Waals surface area contributed by atoms with E-state index in [4.69, 9.17) is 4.42 Å². The average Bonchev–Trinajstić information content (AvgIpc) is 2.76. The third-order valence-electron chi connectivity index (χ3n) is 2.20. The lowest BCUT2D eigenvalue weighted by Gasteiger charge is -2.07. The monoisotopic (exact) mass is 227 g/mol. The summed E-state index contributed by atoms with van der Waals surface area (Å²) in [7, 11) is 1.31. The molecule has 0 aliphatic carbocycles. The topological polar surface area (TPSA) is 71.7 Å². The molecule has 1 atom stereocenters. The molecule has 0 saturated heterocycles. The Hall–Kier alpha value is -1.33. The van der Waals surface area contributed by atoms with Gasteiger partial charge in [0.2, 0.25) is 5.76 Å². The first-order chi connectivity index (χ1) is 7.67. The standard InChI is InChI=1S/C11H17NO4/c1-3-8(13)6-12-7-9-4-5-10(16-9)11(14)15-2/h4-5,8,12-13H,3,6-7H2,1-2H3. The van der Waals surface area contributed by atoms with Crippen LogP contribution < -0.4 is 5.32 Å². The number of aliphatic hydroxyl groups excluding tert-OH is 1. The molecule has 1 rings (SSSR count). The van der Waals surface area contributed by atoms with Crippen molar-refractivity contribution >= 4 is 5.97 Å². The average molecular weight is 227 g/mol. The van der Waals surface area contributed by atoms with Gasteiger partial charge in [-0.15, -0.1) is 0 Å². The summed E-state index contributed by atoms with van der Waals surface area (Å²) in [5.41, 5.74) is 0. The molecule has 0 aliphatic heterocycles. The maximum Gasteiger partial charge on any atom is 0.373 e. The molecule has 0 spiro atoms. The second-order valence-corrected chi connectivity index (χ2v) is 3.45. The lowest BCUT2D eigenvalue weighted by atomic mass is 10.3. The zero-order valence-electron chi connectivity index (χ0n) is 9.53. The lowest BCUT2D eigenvalue weighted by Crippen LogP contribution is -2.25. The summed E-state index contributed by atoms with van der Waals surface area (Å²) in [6.45, 7) is 2.90. The molecule has 1 aromatic rings. The Kier molecular flexibility index (Phi) is 5.01. The first-order valence-corrected chi connectivity index (χ1v) is 5.23. The van der Waals surface area contributed by atoms with E-state index in [-0.39, 0.29) is 11.9 Å². The van der Waals surface area contributed by atoms with Gasteiger partial charge < -0.3 is 19.6 Å². The van der Waals surface area contributed by atoms with Crippen molar-refractivity contribution in [2.24, 2.45) is 0 Å². The minimum absolute atomic E-state index is 0.190. The molecule has 1 aromatic heterocycles. The fourth-order valence-electron chi connectivity index (χ4n) is 1.19. The Balaban J connectivity index is 2.38. The van der Waals surface area contributed by atoms with Crippen molar-refractivity contribution in [2.75, 3.05) is 13.7 Å². The summed E-state index contributed by atoms with van der Waals surface area (Å²) in [5.74, 6) is 0.346. The molecule has 2 N–H and O–H groups in total. The lowest BCUT2D eigenvalue weighted by molar-refractivity contribution is 0.0562. The van der Waals surface area contributed by atoms with Gasteiger partial charge in [-0.1, -0.05) is 6.92 Å². The molecule has 1 heterocycles. The zero-order chi connectivity index (χ0) is 12.0. The van der Waals surface area contributed by atoms with Gasteiger partial charge in [0.05, 0.1) is 19.8 Å². The van der Waals surface area contributed by atoms with Gasteiger partial charge in [0, 0.05) is 6.54 Å². The second-order valence-electron chi connectivity index (χ2n) is 3.45. The first kappa shape index (κ1) is 12.7. The second kappa shape index (κ2) is 6.30. The number of rotatable bonds is 6.